The molecule has 0 spiro atoms. The molecule has 0 aromatic heterocycles. The predicted molar refractivity (Wildman–Crippen MR) is 70.4 cm³/mol. The van der Waals surface area contributed by atoms with Crippen LogP contribution in [0, 0.1) is 5.92 Å². The third kappa shape index (κ3) is 2.36. The third-order valence-corrected chi connectivity index (χ3v) is 5.20. The topological polar surface area (TPSA) is 69.6 Å². The van der Waals surface area contributed by atoms with Gasteiger partial charge >= 0.3 is 5.97 Å². The van der Waals surface area contributed by atoms with E-state index in [-0.39, 0.29) is 11.3 Å². The second kappa shape index (κ2) is 4.74. The molecular formula is C12H20N2O3S. The Kier molecular flexibility index (Phi) is 3.60. The van der Waals surface area contributed by atoms with E-state index in [1.165, 1.54) is 0 Å². The van der Waals surface area contributed by atoms with Crippen molar-refractivity contribution in [3.05, 3.63) is 0 Å². The molecule has 0 aromatic rings. The van der Waals surface area contributed by atoms with Crippen molar-refractivity contribution in [3.63, 3.8) is 0 Å². The Morgan fingerprint density at radius 3 is 2.44 bits per heavy atom. The van der Waals surface area contributed by atoms with Crippen molar-refractivity contribution in [2.75, 3.05) is 12.8 Å². The molecule has 1 saturated carbocycles. The maximum Gasteiger partial charge on any atom is 0.327 e. The number of amides is 1. The van der Waals surface area contributed by atoms with Crippen molar-refractivity contribution in [2.45, 2.75) is 43.6 Å². The Balaban J connectivity index is 2.23. The van der Waals surface area contributed by atoms with Gasteiger partial charge in [-0.3, -0.25) is 4.79 Å². The normalized spacial score (nSPS) is 28.5. The molecule has 2 unspecified atom stereocenters. The standard InChI is InChI=1S/C12H20N2O3S/c1-12(2,13-3)11(17)14-8(10(15)16)6-18-9(14)7-4-5-7/h7-9,13H,4-6H2,1-3H3,(H,15,16). The first-order chi connectivity index (χ1) is 8.38. The molecule has 6 heteroatoms. The summed E-state index contributed by atoms with van der Waals surface area (Å²) in [6, 6.07) is -0.680. The molecule has 2 N–H and O–H groups in total. The number of hydrogen-bond donors (Lipinski definition) is 2. The lowest BCUT2D eigenvalue weighted by molar-refractivity contribution is -0.151. The number of carboxylic acids is 1. The number of aliphatic carboxylic acids is 1. The lowest BCUT2D eigenvalue weighted by Crippen LogP contribution is -2.58. The molecule has 5 nitrogen and oxygen atoms in total. The van der Waals surface area contributed by atoms with Gasteiger partial charge < -0.3 is 15.3 Å². The number of carboxylic acid groups (broad SMARTS) is 1. The van der Waals surface area contributed by atoms with Crippen molar-refractivity contribution in [2.24, 2.45) is 5.92 Å². The van der Waals surface area contributed by atoms with Crippen LogP contribution in [0.4, 0.5) is 0 Å². The Morgan fingerprint density at radius 2 is 2.00 bits per heavy atom. The van der Waals surface area contributed by atoms with Crippen molar-refractivity contribution < 1.29 is 14.7 Å². The van der Waals surface area contributed by atoms with Gasteiger partial charge in [-0.15, -0.1) is 11.8 Å². The minimum Gasteiger partial charge on any atom is -0.480 e. The predicted octanol–water partition coefficient (Wildman–Crippen LogP) is 0.749. The van der Waals surface area contributed by atoms with Crippen molar-refractivity contribution in [3.8, 4) is 0 Å². The van der Waals surface area contributed by atoms with E-state index >= 15 is 0 Å². The number of likely N-dealkylation sites (N-methyl/N-ethyl adjacent to an activating group) is 1. The Labute approximate surface area is 111 Å². The van der Waals surface area contributed by atoms with Crippen molar-refractivity contribution >= 4 is 23.6 Å². The minimum absolute atomic E-state index is 0.0474. The Bertz CT molecular complexity index is 368. The van der Waals surface area contributed by atoms with E-state index in [0.29, 0.717) is 11.7 Å². The number of carbonyl (C=O) groups excluding carboxylic acids is 1. The summed E-state index contributed by atoms with van der Waals surface area (Å²) >= 11 is 1.61. The van der Waals surface area contributed by atoms with Crippen molar-refractivity contribution in [1.29, 1.82) is 0 Å². The monoisotopic (exact) mass is 272 g/mol. The van der Waals surface area contributed by atoms with Crippen LogP contribution in [-0.4, -0.2) is 51.6 Å². The third-order valence-electron chi connectivity index (χ3n) is 3.74. The maximum atomic E-state index is 12.5. The van der Waals surface area contributed by atoms with Crippen LogP contribution in [0.25, 0.3) is 0 Å². The van der Waals surface area contributed by atoms with Gasteiger partial charge in [0.05, 0.1) is 10.9 Å². The molecule has 2 aliphatic rings. The highest BCUT2D eigenvalue weighted by Crippen LogP contribution is 2.46. The van der Waals surface area contributed by atoms with E-state index in [9.17, 15) is 14.7 Å². The van der Waals surface area contributed by atoms with E-state index in [2.05, 4.69) is 5.32 Å². The van der Waals surface area contributed by atoms with Crippen LogP contribution in [0.1, 0.15) is 26.7 Å². The molecule has 1 amide bonds. The molecule has 1 aliphatic carbocycles. The van der Waals surface area contributed by atoms with Gasteiger partial charge in [-0.1, -0.05) is 0 Å². The second-order valence-corrected chi connectivity index (χ2v) is 6.65. The van der Waals surface area contributed by atoms with Gasteiger partial charge in [0, 0.05) is 5.75 Å². The first kappa shape index (κ1) is 13.7. The summed E-state index contributed by atoms with van der Waals surface area (Å²) < 4.78 is 0. The molecule has 18 heavy (non-hydrogen) atoms. The summed E-state index contributed by atoms with van der Waals surface area (Å²) in [5.41, 5.74) is -0.717. The lowest BCUT2D eigenvalue weighted by Gasteiger charge is -2.34. The minimum atomic E-state index is -0.897. The molecule has 2 rings (SSSR count). The highest BCUT2D eigenvalue weighted by molar-refractivity contribution is 8.00. The van der Waals surface area contributed by atoms with Crippen LogP contribution in [0.3, 0.4) is 0 Å². The summed E-state index contributed by atoms with van der Waals surface area (Å²) in [6.45, 7) is 3.59. The number of nitrogens with zero attached hydrogens (tertiary/aromatic N) is 1. The van der Waals surface area contributed by atoms with Crippen LogP contribution in [-0.2, 0) is 9.59 Å². The summed E-state index contributed by atoms with van der Waals surface area (Å²) in [6.07, 6.45) is 2.21. The van der Waals surface area contributed by atoms with E-state index in [1.54, 1.807) is 37.6 Å². The number of thioether (sulfide) groups is 1. The first-order valence-electron chi connectivity index (χ1n) is 6.24. The van der Waals surface area contributed by atoms with Gasteiger partial charge in [-0.2, -0.15) is 0 Å². The van der Waals surface area contributed by atoms with Gasteiger partial charge in [-0.05, 0) is 39.7 Å². The van der Waals surface area contributed by atoms with Crippen LogP contribution in [0.15, 0.2) is 0 Å². The average Bonchev–Trinajstić information content (AvgIpc) is 3.06. The molecule has 2 atom stereocenters. The number of nitrogens with one attached hydrogen (secondary N) is 1. The smallest absolute Gasteiger partial charge is 0.327 e. The fourth-order valence-electron chi connectivity index (χ4n) is 2.15. The van der Waals surface area contributed by atoms with E-state index in [0.717, 1.165) is 12.8 Å². The van der Waals surface area contributed by atoms with Crippen LogP contribution in [0.2, 0.25) is 0 Å². The van der Waals surface area contributed by atoms with Gasteiger partial charge in [-0.25, -0.2) is 4.79 Å². The summed E-state index contributed by atoms with van der Waals surface area (Å²) in [5.74, 6) is -0.0247. The largest absolute Gasteiger partial charge is 0.480 e. The van der Waals surface area contributed by atoms with Crippen LogP contribution < -0.4 is 5.32 Å². The number of hydrogen-bond acceptors (Lipinski definition) is 4. The highest BCUT2D eigenvalue weighted by atomic mass is 32.2. The molecule has 102 valence electrons. The number of rotatable bonds is 4. The van der Waals surface area contributed by atoms with E-state index in [1.807, 2.05) is 0 Å². The molecule has 1 saturated heterocycles. The maximum absolute atomic E-state index is 12.5. The first-order valence-corrected chi connectivity index (χ1v) is 7.29. The quantitative estimate of drug-likeness (QED) is 0.790. The van der Waals surface area contributed by atoms with Crippen molar-refractivity contribution in [1.82, 2.24) is 10.2 Å². The van der Waals surface area contributed by atoms with Gasteiger partial charge in [0.2, 0.25) is 5.91 Å². The van der Waals surface area contributed by atoms with Gasteiger partial charge in [0.25, 0.3) is 0 Å². The Hall–Kier alpha value is -0.750. The Morgan fingerprint density at radius 1 is 1.39 bits per heavy atom. The van der Waals surface area contributed by atoms with E-state index < -0.39 is 17.6 Å². The van der Waals surface area contributed by atoms with Gasteiger partial charge in [0.15, 0.2) is 0 Å². The SMILES string of the molecule is CNC(C)(C)C(=O)N1C(C(=O)O)CSC1C1CC1. The zero-order valence-electron chi connectivity index (χ0n) is 11.0. The molecule has 0 bridgehead atoms. The fourth-order valence-corrected chi connectivity index (χ4v) is 3.78. The van der Waals surface area contributed by atoms with E-state index in [4.69, 9.17) is 0 Å². The molecular weight excluding hydrogens is 252 g/mol. The fraction of sp³-hybridized carbons (Fsp3) is 0.833. The highest BCUT2D eigenvalue weighted by Gasteiger charge is 2.50. The molecule has 2 fully saturated rings. The summed E-state index contributed by atoms with van der Waals surface area (Å²) in [4.78, 5) is 25.4. The zero-order chi connectivity index (χ0) is 13.5. The summed E-state index contributed by atoms with van der Waals surface area (Å²) in [5, 5.41) is 12.3. The van der Waals surface area contributed by atoms with Crippen LogP contribution >= 0.6 is 11.8 Å². The second-order valence-electron chi connectivity index (χ2n) is 5.50. The molecule has 0 aromatic carbocycles. The van der Waals surface area contributed by atoms with Gasteiger partial charge in [0.1, 0.15) is 6.04 Å². The zero-order valence-corrected chi connectivity index (χ0v) is 11.8. The average molecular weight is 272 g/mol. The molecule has 1 heterocycles. The molecule has 0 radical (unpaired) electrons. The van der Waals surface area contributed by atoms with Crippen LogP contribution in [0.5, 0.6) is 0 Å². The molecule has 1 aliphatic heterocycles. The number of carbonyl (C=O) groups is 2. The lowest BCUT2D eigenvalue weighted by atomic mass is 10.0. The summed E-state index contributed by atoms with van der Waals surface area (Å²) in [7, 11) is 1.73.